The van der Waals surface area contributed by atoms with Crippen LogP contribution in [0.15, 0.2) is 42.6 Å². The number of nitrogens with zero attached hydrogens (tertiary/aromatic N) is 4. The Hall–Kier alpha value is -3.67. The third-order valence-corrected chi connectivity index (χ3v) is 6.16. The first-order chi connectivity index (χ1) is 17.8. The van der Waals surface area contributed by atoms with E-state index in [9.17, 15) is 14.0 Å². The predicted octanol–water partition coefficient (Wildman–Crippen LogP) is 3.46. The van der Waals surface area contributed by atoms with Gasteiger partial charge in [-0.3, -0.25) is 14.5 Å². The Bertz CT molecular complexity index is 1290. The molecular formula is C25H27ClFN7O3. The number of aryl methyl sites for hydroxylation is 1. The zero-order valence-corrected chi connectivity index (χ0v) is 20.9. The third kappa shape index (κ3) is 7.19. The van der Waals surface area contributed by atoms with Gasteiger partial charge in [0, 0.05) is 54.6 Å². The lowest BCUT2D eigenvalue weighted by molar-refractivity contribution is -0.140. The van der Waals surface area contributed by atoms with Crippen molar-refractivity contribution in [3.63, 3.8) is 0 Å². The van der Waals surface area contributed by atoms with Crippen LogP contribution in [0.1, 0.15) is 18.5 Å². The van der Waals surface area contributed by atoms with Crippen LogP contribution in [0, 0.1) is 12.7 Å². The molecule has 3 aromatic rings. The second-order valence-electron chi connectivity index (χ2n) is 8.70. The molecule has 3 heterocycles. The topological polar surface area (TPSA) is 132 Å². The highest BCUT2D eigenvalue weighted by atomic mass is 35.5. The predicted molar refractivity (Wildman–Crippen MR) is 138 cm³/mol. The highest BCUT2D eigenvalue weighted by Gasteiger charge is 2.24. The first-order valence-electron chi connectivity index (χ1n) is 11.8. The van der Waals surface area contributed by atoms with E-state index in [-0.39, 0.29) is 17.9 Å². The lowest BCUT2D eigenvalue weighted by Crippen LogP contribution is -2.54. The quantitative estimate of drug-likeness (QED) is 0.330. The standard InChI is InChI=1S/C25H27ClFN7O3/c1-15-20(13-21(33-32-15)18-11-16(26)4-5-19(18)27)30-17-6-7-29-23(12-17)31-24(35)3-2-9-34-10-8-28-22(14-34)25(36)37/h4-7,11-13,22,28H,2-3,8-10,14H2,1H3,(H,36,37)(H2,29,30,31,33,35). The molecule has 1 atom stereocenters. The monoisotopic (exact) mass is 527 g/mol. The Morgan fingerprint density at radius 1 is 1.24 bits per heavy atom. The third-order valence-electron chi connectivity index (χ3n) is 5.93. The minimum Gasteiger partial charge on any atom is -0.480 e. The van der Waals surface area contributed by atoms with Crippen molar-refractivity contribution < 1.29 is 19.1 Å². The number of hydrogen-bond donors (Lipinski definition) is 4. The van der Waals surface area contributed by atoms with Gasteiger partial charge in [0.15, 0.2) is 0 Å². The fraction of sp³-hybridized carbons (Fsp3) is 0.320. The zero-order valence-electron chi connectivity index (χ0n) is 20.2. The molecule has 0 spiro atoms. The molecule has 12 heteroatoms. The number of amides is 1. The average Bonchev–Trinajstić information content (AvgIpc) is 2.87. The molecule has 1 aliphatic rings. The van der Waals surface area contributed by atoms with Gasteiger partial charge in [0.2, 0.25) is 5.91 Å². The SMILES string of the molecule is Cc1nnc(-c2cc(Cl)ccc2F)cc1Nc1ccnc(NC(=O)CCCN2CCNC(C(=O)O)C2)c1. The summed E-state index contributed by atoms with van der Waals surface area (Å²) in [4.78, 5) is 29.9. The molecule has 2 aromatic heterocycles. The van der Waals surface area contributed by atoms with Crippen molar-refractivity contribution >= 4 is 40.7 Å². The van der Waals surface area contributed by atoms with Crippen LogP contribution in [0.4, 0.5) is 21.6 Å². The summed E-state index contributed by atoms with van der Waals surface area (Å²) in [6.07, 6.45) is 2.44. The van der Waals surface area contributed by atoms with E-state index in [1.807, 2.05) is 4.90 Å². The second kappa shape index (κ2) is 12.0. The van der Waals surface area contributed by atoms with Crippen LogP contribution in [0.2, 0.25) is 5.02 Å². The van der Waals surface area contributed by atoms with Crippen LogP contribution < -0.4 is 16.0 Å². The van der Waals surface area contributed by atoms with Gasteiger partial charge in [-0.1, -0.05) is 11.6 Å². The molecule has 10 nitrogen and oxygen atoms in total. The lowest BCUT2D eigenvalue weighted by atomic mass is 10.1. The van der Waals surface area contributed by atoms with Gasteiger partial charge >= 0.3 is 5.97 Å². The van der Waals surface area contributed by atoms with Crippen LogP contribution >= 0.6 is 11.6 Å². The average molecular weight is 528 g/mol. The number of nitrogens with one attached hydrogen (secondary N) is 3. The van der Waals surface area contributed by atoms with Crippen molar-refractivity contribution in [2.75, 3.05) is 36.8 Å². The number of carboxylic acids is 1. The van der Waals surface area contributed by atoms with Crippen molar-refractivity contribution in [2.24, 2.45) is 0 Å². The van der Waals surface area contributed by atoms with E-state index in [0.717, 1.165) is 6.54 Å². The molecule has 1 fully saturated rings. The summed E-state index contributed by atoms with van der Waals surface area (Å²) in [5.74, 6) is -1.13. The smallest absolute Gasteiger partial charge is 0.322 e. The molecule has 1 amide bonds. The van der Waals surface area contributed by atoms with Crippen molar-refractivity contribution in [2.45, 2.75) is 25.8 Å². The molecule has 0 radical (unpaired) electrons. The number of benzene rings is 1. The summed E-state index contributed by atoms with van der Waals surface area (Å²) in [7, 11) is 0. The fourth-order valence-corrected chi connectivity index (χ4v) is 4.16. The summed E-state index contributed by atoms with van der Waals surface area (Å²) in [6.45, 7) is 4.18. The van der Waals surface area contributed by atoms with Crippen molar-refractivity contribution in [3.05, 3.63) is 59.1 Å². The highest BCUT2D eigenvalue weighted by molar-refractivity contribution is 6.30. The Labute approximate surface area is 218 Å². The minimum absolute atomic E-state index is 0.185. The molecule has 1 aromatic carbocycles. The zero-order chi connectivity index (χ0) is 26.4. The van der Waals surface area contributed by atoms with E-state index in [1.54, 1.807) is 31.3 Å². The summed E-state index contributed by atoms with van der Waals surface area (Å²) in [6, 6.07) is 8.76. The largest absolute Gasteiger partial charge is 0.480 e. The molecule has 4 rings (SSSR count). The molecule has 194 valence electrons. The Morgan fingerprint density at radius 3 is 2.89 bits per heavy atom. The van der Waals surface area contributed by atoms with Gasteiger partial charge < -0.3 is 21.1 Å². The number of pyridine rings is 1. The number of carbonyl (C=O) groups excluding carboxylic acids is 1. The lowest BCUT2D eigenvalue weighted by Gasteiger charge is -2.31. The van der Waals surface area contributed by atoms with Gasteiger partial charge in [-0.2, -0.15) is 10.2 Å². The summed E-state index contributed by atoms with van der Waals surface area (Å²) >= 11 is 6.02. The van der Waals surface area contributed by atoms with Crippen molar-refractivity contribution in [1.82, 2.24) is 25.4 Å². The number of halogens is 2. The summed E-state index contributed by atoms with van der Waals surface area (Å²) < 4.78 is 14.3. The molecule has 1 saturated heterocycles. The molecule has 1 aliphatic heterocycles. The van der Waals surface area contributed by atoms with E-state index in [2.05, 4.69) is 31.1 Å². The first kappa shape index (κ1) is 26.4. The molecule has 37 heavy (non-hydrogen) atoms. The van der Waals surface area contributed by atoms with Crippen LogP contribution in [-0.4, -0.2) is 69.3 Å². The Kier molecular flexibility index (Phi) is 8.59. The number of aromatic nitrogens is 3. The van der Waals surface area contributed by atoms with Crippen molar-refractivity contribution in [1.29, 1.82) is 0 Å². The van der Waals surface area contributed by atoms with Gasteiger partial charge in [-0.05, 0) is 50.2 Å². The summed E-state index contributed by atoms with van der Waals surface area (Å²) in [5, 5.41) is 26.7. The Morgan fingerprint density at radius 2 is 2.08 bits per heavy atom. The fourth-order valence-electron chi connectivity index (χ4n) is 3.98. The molecule has 1 unspecified atom stereocenters. The van der Waals surface area contributed by atoms with E-state index < -0.39 is 17.8 Å². The number of anilines is 3. The van der Waals surface area contributed by atoms with Gasteiger partial charge in [0.05, 0.1) is 17.1 Å². The highest BCUT2D eigenvalue weighted by Crippen LogP contribution is 2.28. The first-order valence-corrected chi connectivity index (χ1v) is 12.2. The van der Waals surface area contributed by atoms with E-state index >= 15 is 0 Å². The number of aliphatic carboxylic acids is 1. The maximum Gasteiger partial charge on any atom is 0.322 e. The molecule has 0 aliphatic carbocycles. The maximum atomic E-state index is 14.3. The molecule has 4 N–H and O–H groups in total. The number of piperazine rings is 1. The van der Waals surface area contributed by atoms with Crippen LogP contribution in [0.25, 0.3) is 11.3 Å². The normalized spacial score (nSPS) is 15.8. The van der Waals surface area contributed by atoms with Crippen LogP contribution in [-0.2, 0) is 9.59 Å². The van der Waals surface area contributed by atoms with Gasteiger partial charge in [0.25, 0.3) is 0 Å². The molecular weight excluding hydrogens is 501 g/mol. The number of carboxylic acid groups (broad SMARTS) is 1. The van der Waals surface area contributed by atoms with Gasteiger partial charge in [-0.15, -0.1) is 0 Å². The number of carbonyl (C=O) groups is 2. The van der Waals surface area contributed by atoms with Crippen LogP contribution in [0.3, 0.4) is 0 Å². The van der Waals surface area contributed by atoms with Gasteiger partial charge in [0.1, 0.15) is 17.7 Å². The minimum atomic E-state index is -0.868. The van der Waals surface area contributed by atoms with E-state index in [4.69, 9.17) is 16.7 Å². The number of rotatable bonds is 9. The molecule has 0 bridgehead atoms. The van der Waals surface area contributed by atoms with Crippen molar-refractivity contribution in [3.8, 4) is 11.3 Å². The molecule has 0 saturated carbocycles. The number of hydrogen-bond acceptors (Lipinski definition) is 8. The van der Waals surface area contributed by atoms with Gasteiger partial charge in [-0.25, -0.2) is 9.37 Å². The van der Waals surface area contributed by atoms with Crippen LogP contribution in [0.5, 0.6) is 0 Å². The second-order valence-corrected chi connectivity index (χ2v) is 9.14. The Balaban J connectivity index is 1.35. The van der Waals surface area contributed by atoms with E-state index in [1.165, 1.54) is 18.2 Å². The van der Waals surface area contributed by atoms with E-state index in [0.29, 0.717) is 59.7 Å². The maximum absolute atomic E-state index is 14.3. The summed E-state index contributed by atoms with van der Waals surface area (Å²) in [5.41, 5.74) is 2.44.